The fraction of sp³-hybridized carbons (Fsp3) is 0.382. The van der Waals surface area contributed by atoms with Crippen molar-refractivity contribution in [3.05, 3.63) is 95.1 Å². The summed E-state index contributed by atoms with van der Waals surface area (Å²) in [7, 11) is 0. The number of benzene rings is 3. The van der Waals surface area contributed by atoms with E-state index < -0.39 is 6.10 Å². The molecule has 0 aromatic heterocycles. The zero-order valence-corrected chi connectivity index (χ0v) is 24.8. The van der Waals surface area contributed by atoms with E-state index in [4.69, 9.17) is 4.74 Å². The molecule has 0 aliphatic carbocycles. The molecule has 6 heteroatoms. The summed E-state index contributed by atoms with van der Waals surface area (Å²) < 4.78 is 6.37. The summed E-state index contributed by atoms with van der Waals surface area (Å²) >= 11 is 0. The van der Waals surface area contributed by atoms with E-state index in [2.05, 4.69) is 93.9 Å². The second kappa shape index (κ2) is 14.1. The number of carbonyl (C=O) groups excluding carboxylic acids is 1. The van der Waals surface area contributed by atoms with Gasteiger partial charge in [0.1, 0.15) is 18.5 Å². The summed E-state index contributed by atoms with van der Waals surface area (Å²) in [5, 5.41) is 19.4. The number of hydrogen-bond acceptors (Lipinski definition) is 4. The maximum atomic E-state index is 12.0. The lowest BCUT2D eigenvalue weighted by Crippen LogP contribution is -2.38. The highest BCUT2D eigenvalue weighted by Gasteiger charge is 2.28. The van der Waals surface area contributed by atoms with Gasteiger partial charge in [-0.2, -0.15) is 0 Å². The predicted octanol–water partition coefficient (Wildman–Crippen LogP) is 6.60. The minimum atomic E-state index is -0.698. The first-order valence-corrected chi connectivity index (χ1v) is 14.0. The van der Waals surface area contributed by atoms with E-state index in [1.807, 2.05) is 48.5 Å². The van der Waals surface area contributed by atoms with Crippen LogP contribution in [-0.4, -0.2) is 43.5 Å². The van der Waals surface area contributed by atoms with Gasteiger partial charge in [0, 0.05) is 36.4 Å². The van der Waals surface area contributed by atoms with E-state index in [-0.39, 0.29) is 23.5 Å². The van der Waals surface area contributed by atoms with Crippen LogP contribution in [-0.2, 0) is 10.8 Å². The number of nitrogens with one attached hydrogen (secondary N) is 3. The van der Waals surface area contributed by atoms with Crippen LogP contribution in [0.15, 0.2) is 72.8 Å². The molecule has 3 aromatic carbocycles. The molecule has 3 aromatic rings. The van der Waals surface area contributed by atoms with Crippen molar-refractivity contribution in [1.82, 2.24) is 10.6 Å². The van der Waals surface area contributed by atoms with Gasteiger partial charge in [-0.25, -0.2) is 4.79 Å². The first-order valence-electron chi connectivity index (χ1n) is 14.0. The highest BCUT2D eigenvalue weighted by molar-refractivity contribution is 5.89. The molecule has 214 valence electrons. The summed E-state index contributed by atoms with van der Waals surface area (Å²) in [6, 6.07) is 23.7. The summed E-state index contributed by atoms with van der Waals surface area (Å²) in [4.78, 5) is 12.0. The van der Waals surface area contributed by atoms with E-state index >= 15 is 0 Å². The third-order valence-corrected chi connectivity index (χ3v) is 6.41. The van der Waals surface area contributed by atoms with Gasteiger partial charge in [-0.1, -0.05) is 102 Å². The van der Waals surface area contributed by atoms with Crippen molar-refractivity contribution in [2.75, 3.05) is 31.6 Å². The van der Waals surface area contributed by atoms with Crippen LogP contribution in [0.3, 0.4) is 0 Å². The molecule has 0 radical (unpaired) electrons. The molecule has 6 nitrogen and oxygen atoms in total. The number of para-hydroxylation sites is 1. The number of rotatable bonds is 11. The van der Waals surface area contributed by atoms with Gasteiger partial charge >= 0.3 is 6.03 Å². The molecule has 0 spiro atoms. The van der Waals surface area contributed by atoms with Crippen molar-refractivity contribution < 1.29 is 14.6 Å². The summed E-state index contributed by atoms with van der Waals surface area (Å²) in [6.07, 6.45) is 3.58. The van der Waals surface area contributed by atoms with Gasteiger partial charge in [0.15, 0.2) is 0 Å². The predicted molar refractivity (Wildman–Crippen MR) is 167 cm³/mol. The molecule has 0 aliphatic heterocycles. The lowest BCUT2D eigenvalue weighted by molar-refractivity contribution is 0.104. The number of anilines is 1. The first kappa shape index (κ1) is 30.9. The number of amides is 2. The average molecular weight is 544 g/mol. The molecule has 0 heterocycles. The van der Waals surface area contributed by atoms with Crippen molar-refractivity contribution in [1.29, 1.82) is 0 Å². The van der Waals surface area contributed by atoms with Crippen molar-refractivity contribution in [3.8, 4) is 5.75 Å². The Hall–Kier alpha value is -3.61. The number of hydrogen-bond donors (Lipinski definition) is 4. The topological polar surface area (TPSA) is 82.6 Å². The monoisotopic (exact) mass is 543 g/mol. The molecule has 1 atom stereocenters. The Kier molecular flexibility index (Phi) is 10.9. The zero-order valence-electron chi connectivity index (χ0n) is 24.8. The lowest BCUT2D eigenvalue weighted by atomic mass is 9.78. The molecule has 0 saturated heterocycles. The molecule has 0 aliphatic rings. The molecule has 4 N–H and O–H groups in total. The molecule has 0 saturated carbocycles. The highest BCUT2D eigenvalue weighted by atomic mass is 16.5. The second-order valence-corrected chi connectivity index (χ2v) is 12.1. The van der Waals surface area contributed by atoms with Crippen LogP contribution in [0, 0.1) is 0 Å². The van der Waals surface area contributed by atoms with Gasteiger partial charge in [-0.05, 0) is 46.2 Å². The van der Waals surface area contributed by atoms with Crippen LogP contribution in [0.25, 0.3) is 12.2 Å². The standard InChI is InChI=1S/C34H45N3O3/c1-33(2,3)29-21-26(18-17-25-13-9-7-10-14-25)22-30(34(4,5)6)31(29)40-24-28(38)23-35-19-20-36-32(39)37-27-15-11-8-12-16-27/h7-18,21-22,28,35,38H,19-20,23-24H2,1-6H3,(H2,36,37,39)/b18-17+. The Morgan fingerprint density at radius 3 is 1.95 bits per heavy atom. The molecule has 40 heavy (non-hydrogen) atoms. The average Bonchev–Trinajstić information content (AvgIpc) is 2.90. The minimum Gasteiger partial charge on any atom is -0.490 e. The number of urea groups is 1. The van der Waals surface area contributed by atoms with Crippen molar-refractivity contribution in [3.63, 3.8) is 0 Å². The maximum absolute atomic E-state index is 12.0. The number of aliphatic hydroxyl groups excluding tert-OH is 1. The molecule has 2 amide bonds. The largest absolute Gasteiger partial charge is 0.490 e. The highest BCUT2D eigenvalue weighted by Crippen LogP contribution is 2.41. The van der Waals surface area contributed by atoms with Gasteiger partial charge in [0.25, 0.3) is 0 Å². The van der Waals surface area contributed by atoms with Gasteiger partial charge < -0.3 is 25.8 Å². The van der Waals surface area contributed by atoms with Crippen molar-refractivity contribution >= 4 is 23.9 Å². The smallest absolute Gasteiger partial charge is 0.319 e. The number of ether oxygens (including phenoxy) is 1. The van der Waals surface area contributed by atoms with E-state index in [9.17, 15) is 9.90 Å². The fourth-order valence-corrected chi connectivity index (χ4v) is 4.24. The summed E-state index contributed by atoms with van der Waals surface area (Å²) in [5.41, 5.74) is 4.94. The van der Waals surface area contributed by atoms with Gasteiger partial charge in [0.2, 0.25) is 0 Å². The quantitative estimate of drug-likeness (QED) is 0.162. The normalized spacial score (nSPS) is 12.8. The van der Waals surface area contributed by atoms with E-state index in [1.54, 1.807) is 0 Å². The molecular weight excluding hydrogens is 498 g/mol. The SMILES string of the molecule is CC(C)(C)c1cc(/C=C/c2ccccc2)cc(C(C)(C)C)c1OCC(O)CNCCNC(=O)Nc1ccccc1. The fourth-order valence-electron chi connectivity index (χ4n) is 4.24. The van der Waals surface area contributed by atoms with Crippen LogP contribution in [0.1, 0.15) is 63.8 Å². The van der Waals surface area contributed by atoms with Crippen molar-refractivity contribution in [2.45, 2.75) is 58.5 Å². The van der Waals surface area contributed by atoms with Crippen molar-refractivity contribution in [2.24, 2.45) is 0 Å². The summed E-state index contributed by atoms with van der Waals surface area (Å²) in [6.45, 7) is 14.6. The Morgan fingerprint density at radius 2 is 1.38 bits per heavy atom. The van der Waals surface area contributed by atoms with Crippen LogP contribution < -0.4 is 20.7 Å². The molecule has 0 bridgehead atoms. The maximum Gasteiger partial charge on any atom is 0.319 e. The number of carbonyl (C=O) groups is 1. The molecular formula is C34H45N3O3. The van der Waals surface area contributed by atoms with E-state index in [1.165, 1.54) is 0 Å². The minimum absolute atomic E-state index is 0.152. The van der Waals surface area contributed by atoms with Crippen LogP contribution >= 0.6 is 0 Å². The second-order valence-electron chi connectivity index (χ2n) is 12.1. The Balaban J connectivity index is 1.61. The third kappa shape index (κ3) is 9.85. The molecule has 3 rings (SSSR count). The Labute approximate surface area is 239 Å². The van der Waals surface area contributed by atoms with E-state index in [0.29, 0.717) is 19.6 Å². The lowest BCUT2D eigenvalue weighted by Gasteiger charge is -2.31. The van der Waals surface area contributed by atoms with Crippen LogP contribution in [0.2, 0.25) is 0 Å². The Bertz CT molecular complexity index is 1210. The van der Waals surface area contributed by atoms with Gasteiger partial charge in [-0.15, -0.1) is 0 Å². The zero-order chi connectivity index (χ0) is 29.2. The van der Waals surface area contributed by atoms with Gasteiger partial charge in [0.05, 0.1) is 0 Å². The first-order chi connectivity index (χ1) is 18.9. The van der Waals surface area contributed by atoms with E-state index in [0.717, 1.165) is 33.7 Å². The third-order valence-electron chi connectivity index (χ3n) is 6.41. The van der Waals surface area contributed by atoms with Crippen LogP contribution in [0.4, 0.5) is 10.5 Å². The number of aliphatic hydroxyl groups is 1. The molecule has 0 fully saturated rings. The Morgan fingerprint density at radius 1 is 0.825 bits per heavy atom. The van der Waals surface area contributed by atoms with Crippen LogP contribution in [0.5, 0.6) is 5.75 Å². The summed E-state index contributed by atoms with van der Waals surface area (Å²) in [5.74, 6) is 0.843. The van der Waals surface area contributed by atoms with Gasteiger partial charge in [-0.3, -0.25) is 0 Å². The molecule has 1 unspecified atom stereocenters.